The number of rotatable bonds is 3. The number of aromatic nitrogens is 2. The standard InChI is InChI=1S/C14H14N3/c1-2-6-13(14-15-7-3-8-16-14)12(5-1)11-17-9-4-10-17/h1-3,6-8H,4,9-11H2. The molecule has 0 atom stereocenters. The molecule has 1 aliphatic heterocycles. The quantitative estimate of drug-likeness (QED) is 0.800. The summed E-state index contributed by atoms with van der Waals surface area (Å²) in [5, 5.41) is 0. The molecule has 3 rings (SSSR count). The first kappa shape index (κ1) is 10.4. The van der Waals surface area contributed by atoms with Crippen LogP contribution in [0.1, 0.15) is 12.0 Å². The van der Waals surface area contributed by atoms with Crippen molar-refractivity contribution in [1.29, 1.82) is 0 Å². The number of likely N-dealkylation sites (tertiary alicyclic amines) is 1. The number of nitrogens with zero attached hydrogens (tertiary/aromatic N) is 3. The third-order valence-electron chi connectivity index (χ3n) is 3.08. The molecular formula is C14H14N3. The minimum atomic E-state index is 0.792. The van der Waals surface area contributed by atoms with Gasteiger partial charge >= 0.3 is 0 Å². The van der Waals surface area contributed by atoms with Crippen LogP contribution < -0.4 is 0 Å². The number of hydrogen-bond acceptors (Lipinski definition) is 3. The van der Waals surface area contributed by atoms with Gasteiger partial charge in [0.2, 0.25) is 0 Å². The summed E-state index contributed by atoms with van der Waals surface area (Å²) in [7, 11) is 0. The highest BCUT2D eigenvalue weighted by molar-refractivity contribution is 5.59. The molecule has 0 spiro atoms. The van der Waals surface area contributed by atoms with Gasteiger partial charge in [0.25, 0.3) is 0 Å². The van der Waals surface area contributed by atoms with Gasteiger partial charge in [-0.3, -0.25) is 4.90 Å². The Morgan fingerprint density at radius 3 is 2.71 bits per heavy atom. The lowest BCUT2D eigenvalue weighted by Crippen LogP contribution is -2.36. The Bertz CT molecular complexity index is 492. The van der Waals surface area contributed by atoms with Crippen molar-refractivity contribution >= 4 is 0 Å². The first-order chi connectivity index (χ1) is 8.43. The minimum absolute atomic E-state index is 0.792. The molecule has 3 nitrogen and oxygen atoms in total. The van der Waals surface area contributed by atoms with Gasteiger partial charge in [-0.05, 0) is 37.2 Å². The van der Waals surface area contributed by atoms with Crippen LogP contribution in [-0.4, -0.2) is 28.0 Å². The SMILES string of the molecule is [c]1cccc(-c2ncccn2)c1CN1CCC1. The van der Waals surface area contributed by atoms with Crippen LogP contribution in [0.2, 0.25) is 0 Å². The van der Waals surface area contributed by atoms with Crippen molar-refractivity contribution in [3.63, 3.8) is 0 Å². The normalized spacial score (nSPS) is 15.5. The average molecular weight is 224 g/mol. The van der Waals surface area contributed by atoms with Gasteiger partial charge in [0, 0.05) is 24.5 Å². The number of hydrogen-bond donors (Lipinski definition) is 0. The van der Waals surface area contributed by atoms with E-state index < -0.39 is 0 Å². The summed E-state index contributed by atoms with van der Waals surface area (Å²) in [5.41, 5.74) is 2.29. The topological polar surface area (TPSA) is 29.0 Å². The Hall–Kier alpha value is -1.74. The van der Waals surface area contributed by atoms with Gasteiger partial charge in [-0.1, -0.05) is 18.2 Å². The molecule has 85 valence electrons. The lowest BCUT2D eigenvalue weighted by molar-refractivity contribution is 0.173. The van der Waals surface area contributed by atoms with E-state index in [0.29, 0.717) is 0 Å². The van der Waals surface area contributed by atoms with E-state index in [4.69, 9.17) is 0 Å². The second kappa shape index (κ2) is 4.63. The van der Waals surface area contributed by atoms with Gasteiger partial charge in [-0.25, -0.2) is 9.97 Å². The molecule has 0 bridgehead atoms. The van der Waals surface area contributed by atoms with Gasteiger partial charge in [0.1, 0.15) is 0 Å². The Morgan fingerprint density at radius 2 is 2.00 bits per heavy atom. The molecule has 0 N–H and O–H groups in total. The van der Waals surface area contributed by atoms with Crippen LogP contribution in [0.25, 0.3) is 11.4 Å². The van der Waals surface area contributed by atoms with Crippen molar-refractivity contribution in [2.45, 2.75) is 13.0 Å². The molecule has 1 fully saturated rings. The van der Waals surface area contributed by atoms with Crippen molar-refractivity contribution in [3.8, 4) is 11.4 Å². The molecule has 1 radical (unpaired) electrons. The van der Waals surface area contributed by atoms with E-state index in [9.17, 15) is 0 Å². The highest BCUT2D eigenvalue weighted by atomic mass is 15.2. The summed E-state index contributed by atoms with van der Waals surface area (Å²) in [6.45, 7) is 3.34. The smallest absolute Gasteiger partial charge is 0.159 e. The van der Waals surface area contributed by atoms with Crippen molar-refractivity contribution < 1.29 is 0 Å². The molecule has 1 saturated heterocycles. The van der Waals surface area contributed by atoms with Crippen LogP contribution in [0.3, 0.4) is 0 Å². The molecule has 1 aromatic heterocycles. The maximum absolute atomic E-state index is 4.31. The first-order valence-electron chi connectivity index (χ1n) is 5.93. The van der Waals surface area contributed by atoms with E-state index in [-0.39, 0.29) is 0 Å². The first-order valence-corrected chi connectivity index (χ1v) is 5.93. The predicted octanol–water partition coefficient (Wildman–Crippen LogP) is 2.15. The fourth-order valence-electron chi connectivity index (χ4n) is 2.01. The lowest BCUT2D eigenvalue weighted by atomic mass is 10.0. The van der Waals surface area contributed by atoms with E-state index >= 15 is 0 Å². The van der Waals surface area contributed by atoms with E-state index in [2.05, 4.69) is 27.0 Å². The fraction of sp³-hybridized carbons (Fsp3) is 0.286. The van der Waals surface area contributed by atoms with Crippen molar-refractivity contribution in [1.82, 2.24) is 14.9 Å². The third-order valence-corrected chi connectivity index (χ3v) is 3.08. The van der Waals surface area contributed by atoms with Crippen molar-refractivity contribution in [3.05, 3.63) is 48.3 Å². The van der Waals surface area contributed by atoms with E-state index in [1.54, 1.807) is 12.4 Å². The summed E-state index contributed by atoms with van der Waals surface area (Å²) in [4.78, 5) is 11.0. The Labute approximate surface area is 101 Å². The Kier molecular flexibility index (Phi) is 2.84. The van der Waals surface area contributed by atoms with Crippen LogP contribution >= 0.6 is 0 Å². The maximum Gasteiger partial charge on any atom is 0.159 e. The zero-order valence-corrected chi connectivity index (χ0v) is 9.63. The summed E-state index contributed by atoms with van der Waals surface area (Å²) in [6.07, 6.45) is 4.87. The average Bonchev–Trinajstić information content (AvgIpc) is 2.35. The van der Waals surface area contributed by atoms with Crippen LogP contribution in [0.15, 0.2) is 36.7 Å². The van der Waals surface area contributed by atoms with Crippen LogP contribution in [0.4, 0.5) is 0 Å². The highest BCUT2D eigenvalue weighted by Crippen LogP contribution is 2.22. The predicted molar refractivity (Wildman–Crippen MR) is 66.2 cm³/mol. The van der Waals surface area contributed by atoms with Gasteiger partial charge in [0.05, 0.1) is 0 Å². The van der Waals surface area contributed by atoms with E-state index in [1.807, 2.05) is 18.2 Å². The van der Waals surface area contributed by atoms with Crippen LogP contribution in [0.5, 0.6) is 0 Å². The zero-order chi connectivity index (χ0) is 11.5. The van der Waals surface area contributed by atoms with Gasteiger partial charge in [-0.2, -0.15) is 0 Å². The fourth-order valence-corrected chi connectivity index (χ4v) is 2.01. The monoisotopic (exact) mass is 224 g/mol. The minimum Gasteiger partial charge on any atom is -0.299 e. The molecule has 3 heteroatoms. The lowest BCUT2D eigenvalue weighted by Gasteiger charge is -2.31. The summed E-state index contributed by atoms with van der Waals surface area (Å²) in [5.74, 6) is 0.792. The molecule has 0 amide bonds. The zero-order valence-electron chi connectivity index (χ0n) is 9.63. The number of benzene rings is 1. The molecule has 17 heavy (non-hydrogen) atoms. The summed E-state index contributed by atoms with van der Waals surface area (Å²) < 4.78 is 0. The molecule has 2 heterocycles. The highest BCUT2D eigenvalue weighted by Gasteiger charge is 2.16. The Morgan fingerprint density at radius 1 is 1.18 bits per heavy atom. The Balaban J connectivity index is 1.92. The second-order valence-electron chi connectivity index (χ2n) is 4.26. The second-order valence-corrected chi connectivity index (χ2v) is 4.26. The molecule has 0 unspecified atom stereocenters. The van der Waals surface area contributed by atoms with Crippen LogP contribution in [-0.2, 0) is 6.54 Å². The van der Waals surface area contributed by atoms with Gasteiger partial charge in [-0.15, -0.1) is 0 Å². The third kappa shape index (κ3) is 2.19. The van der Waals surface area contributed by atoms with E-state index in [1.165, 1.54) is 25.1 Å². The van der Waals surface area contributed by atoms with Gasteiger partial charge in [0.15, 0.2) is 5.82 Å². The summed E-state index contributed by atoms with van der Waals surface area (Å²) in [6, 6.07) is 11.2. The molecule has 2 aromatic rings. The van der Waals surface area contributed by atoms with Crippen molar-refractivity contribution in [2.24, 2.45) is 0 Å². The molecule has 0 aliphatic carbocycles. The largest absolute Gasteiger partial charge is 0.299 e. The van der Waals surface area contributed by atoms with Gasteiger partial charge < -0.3 is 0 Å². The van der Waals surface area contributed by atoms with Crippen molar-refractivity contribution in [2.75, 3.05) is 13.1 Å². The summed E-state index contributed by atoms with van der Waals surface area (Å²) >= 11 is 0. The maximum atomic E-state index is 4.31. The molecule has 0 saturated carbocycles. The van der Waals surface area contributed by atoms with E-state index in [0.717, 1.165) is 17.9 Å². The molecule has 1 aromatic carbocycles. The molecule has 1 aliphatic rings. The molecular weight excluding hydrogens is 210 g/mol. The van der Waals surface area contributed by atoms with Crippen LogP contribution in [0, 0.1) is 6.07 Å².